The van der Waals surface area contributed by atoms with Crippen LogP contribution in [0.3, 0.4) is 0 Å². The van der Waals surface area contributed by atoms with Crippen LogP contribution in [0.4, 0.5) is 10.6 Å². The van der Waals surface area contributed by atoms with E-state index in [4.69, 9.17) is 11.3 Å². The normalized spacial score (nSPS) is 11.0. The Kier molecular flexibility index (Phi) is 6.68. The number of aryl methyl sites for hydroxylation is 1. The molecule has 0 spiro atoms. The molecule has 1 amide bonds. The number of aromatic nitrogens is 5. The summed E-state index contributed by atoms with van der Waals surface area (Å²) in [6.45, 7) is 0.171. The lowest BCUT2D eigenvalue weighted by molar-refractivity contribution is 0.128. The number of pyridine rings is 1. The maximum Gasteiger partial charge on any atom is 0.413 e. The molecule has 0 fully saturated rings. The van der Waals surface area contributed by atoms with Crippen LogP contribution in [0.15, 0.2) is 53.7 Å². The fraction of sp³-hybridized carbons (Fsp3) is 0.200. The first kappa shape index (κ1) is 20.5. The Morgan fingerprint density at radius 1 is 1.27 bits per heavy atom. The largest absolute Gasteiger partial charge is 0.465 e. The fourth-order valence-electron chi connectivity index (χ4n) is 2.54. The van der Waals surface area contributed by atoms with Crippen LogP contribution < -0.4 is 4.90 Å². The van der Waals surface area contributed by atoms with Gasteiger partial charge in [0.05, 0.1) is 12.7 Å². The maximum absolute atomic E-state index is 11.5. The second kappa shape index (κ2) is 9.79. The molecule has 0 atom stereocenters. The third-order valence-electron chi connectivity index (χ3n) is 3.91. The highest BCUT2D eigenvalue weighted by Crippen LogP contribution is 2.14. The Labute approximate surface area is 172 Å². The summed E-state index contributed by atoms with van der Waals surface area (Å²) in [5, 5.41) is 25.6. The van der Waals surface area contributed by atoms with Crippen molar-refractivity contribution < 1.29 is 14.7 Å². The van der Waals surface area contributed by atoms with Crippen LogP contribution >= 0.6 is 0 Å². The second-order valence-corrected chi connectivity index (χ2v) is 6.06. The molecule has 0 aliphatic heterocycles. The van der Waals surface area contributed by atoms with Gasteiger partial charge in [0.15, 0.2) is 12.3 Å². The molecule has 2 heterocycles. The first-order valence-electron chi connectivity index (χ1n) is 8.98. The average Bonchev–Trinajstić information content (AvgIpc) is 3.18. The SMILES string of the molecule is C#CCCN(C(=O)O)c1cccc(CO/N=C(/c2ccccc2)c2nnn(C)n2)n1. The standard InChI is InChI=1S/C20H19N7O3/c1-3-4-13-27(20(28)29)17-12-8-11-16(21-17)14-30-24-18(15-9-6-5-7-10-15)19-22-25-26(2)23-19/h1,5-12H,4,13-14H2,2H3,(H,28,29)/b24-18-. The number of carbonyl (C=O) groups is 1. The van der Waals surface area contributed by atoms with Gasteiger partial charge in [-0.25, -0.2) is 9.78 Å². The number of amides is 1. The monoisotopic (exact) mass is 405 g/mol. The number of rotatable bonds is 8. The number of hydrogen-bond acceptors (Lipinski definition) is 7. The molecule has 152 valence electrons. The molecule has 30 heavy (non-hydrogen) atoms. The predicted octanol–water partition coefficient (Wildman–Crippen LogP) is 2.08. The van der Waals surface area contributed by atoms with E-state index in [1.54, 1.807) is 25.2 Å². The Morgan fingerprint density at radius 2 is 2.07 bits per heavy atom. The third kappa shape index (κ3) is 5.17. The summed E-state index contributed by atoms with van der Waals surface area (Å²) in [5.74, 6) is 3.01. The van der Waals surface area contributed by atoms with Crippen LogP contribution in [-0.2, 0) is 18.5 Å². The number of terminal acetylenes is 1. The van der Waals surface area contributed by atoms with Crippen molar-refractivity contribution in [3.63, 3.8) is 0 Å². The zero-order valence-electron chi connectivity index (χ0n) is 16.2. The highest BCUT2D eigenvalue weighted by atomic mass is 16.6. The van der Waals surface area contributed by atoms with E-state index in [-0.39, 0.29) is 25.4 Å². The molecule has 2 aromatic heterocycles. The van der Waals surface area contributed by atoms with Crippen molar-refractivity contribution in [3.8, 4) is 12.3 Å². The first-order valence-corrected chi connectivity index (χ1v) is 8.98. The molecule has 0 aliphatic carbocycles. The van der Waals surface area contributed by atoms with Gasteiger partial charge in [0.2, 0.25) is 5.82 Å². The summed E-state index contributed by atoms with van der Waals surface area (Å²) in [6, 6.07) is 14.3. The van der Waals surface area contributed by atoms with Gasteiger partial charge in [-0.15, -0.1) is 22.5 Å². The molecule has 10 heteroatoms. The number of benzene rings is 1. The Bertz CT molecular complexity index is 1070. The molecular formula is C20H19N7O3. The van der Waals surface area contributed by atoms with E-state index in [0.29, 0.717) is 17.2 Å². The van der Waals surface area contributed by atoms with Gasteiger partial charge in [-0.1, -0.05) is 41.6 Å². The van der Waals surface area contributed by atoms with Crippen LogP contribution in [0.25, 0.3) is 0 Å². The molecule has 10 nitrogen and oxygen atoms in total. The lowest BCUT2D eigenvalue weighted by Gasteiger charge is -2.17. The number of carboxylic acid groups (broad SMARTS) is 1. The van der Waals surface area contributed by atoms with Gasteiger partial charge in [-0.2, -0.15) is 4.80 Å². The summed E-state index contributed by atoms with van der Waals surface area (Å²) in [6.07, 6.45) is 4.39. The second-order valence-electron chi connectivity index (χ2n) is 6.06. The van der Waals surface area contributed by atoms with Crippen molar-refractivity contribution in [1.82, 2.24) is 25.2 Å². The zero-order valence-corrected chi connectivity index (χ0v) is 16.2. The van der Waals surface area contributed by atoms with E-state index < -0.39 is 6.09 Å². The van der Waals surface area contributed by atoms with Crippen molar-refractivity contribution in [2.45, 2.75) is 13.0 Å². The van der Waals surface area contributed by atoms with Gasteiger partial charge >= 0.3 is 6.09 Å². The molecule has 1 N–H and O–H groups in total. The number of anilines is 1. The average molecular weight is 405 g/mol. The zero-order chi connectivity index (χ0) is 21.3. The number of hydrogen-bond donors (Lipinski definition) is 1. The number of oxime groups is 1. The van der Waals surface area contributed by atoms with Crippen molar-refractivity contribution >= 4 is 17.6 Å². The van der Waals surface area contributed by atoms with Crippen molar-refractivity contribution in [3.05, 3.63) is 65.6 Å². The molecule has 0 radical (unpaired) electrons. The molecule has 0 saturated carbocycles. The lowest BCUT2D eigenvalue weighted by Crippen LogP contribution is -2.31. The molecule has 1 aromatic carbocycles. The van der Waals surface area contributed by atoms with Gasteiger partial charge in [0.1, 0.15) is 5.82 Å². The molecule has 0 aliphatic rings. The molecular weight excluding hydrogens is 386 g/mol. The topological polar surface area (TPSA) is 119 Å². The summed E-state index contributed by atoms with van der Waals surface area (Å²) in [7, 11) is 1.66. The Morgan fingerprint density at radius 3 is 2.73 bits per heavy atom. The van der Waals surface area contributed by atoms with Gasteiger partial charge < -0.3 is 9.94 Å². The summed E-state index contributed by atoms with van der Waals surface area (Å²) >= 11 is 0. The quantitative estimate of drug-likeness (QED) is 0.346. The van der Waals surface area contributed by atoms with E-state index in [0.717, 1.165) is 10.5 Å². The van der Waals surface area contributed by atoms with E-state index in [9.17, 15) is 9.90 Å². The van der Waals surface area contributed by atoms with Gasteiger partial charge in [-0.05, 0) is 17.3 Å². The maximum atomic E-state index is 11.5. The van der Waals surface area contributed by atoms with Crippen LogP contribution in [0, 0.1) is 12.3 Å². The van der Waals surface area contributed by atoms with Gasteiger partial charge in [-0.3, -0.25) is 4.90 Å². The minimum atomic E-state index is -1.13. The van der Waals surface area contributed by atoms with Crippen molar-refractivity contribution in [2.75, 3.05) is 11.4 Å². The number of tetrazole rings is 1. The lowest BCUT2D eigenvalue weighted by atomic mass is 10.1. The molecule has 0 bridgehead atoms. The van der Waals surface area contributed by atoms with E-state index in [2.05, 4.69) is 31.5 Å². The highest BCUT2D eigenvalue weighted by molar-refractivity contribution is 6.10. The molecule has 0 saturated heterocycles. The van der Waals surface area contributed by atoms with Crippen LogP contribution in [0.5, 0.6) is 0 Å². The van der Waals surface area contributed by atoms with E-state index in [1.165, 1.54) is 4.80 Å². The predicted molar refractivity (Wildman–Crippen MR) is 109 cm³/mol. The van der Waals surface area contributed by atoms with Gasteiger partial charge in [0, 0.05) is 18.5 Å². The summed E-state index contributed by atoms with van der Waals surface area (Å²) < 4.78 is 0. The molecule has 3 rings (SSSR count). The molecule has 0 unspecified atom stereocenters. The minimum Gasteiger partial charge on any atom is -0.465 e. The summed E-state index contributed by atoms with van der Waals surface area (Å²) in [5.41, 5.74) is 1.68. The van der Waals surface area contributed by atoms with Crippen molar-refractivity contribution in [2.24, 2.45) is 12.2 Å². The van der Waals surface area contributed by atoms with E-state index >= 15 is 0 Å². The summed E-state index contributed by atoms with van der Waals surface area (Å²) in [4.78, 5) is 23.7. The Balaban J connectivity index is 1.78. The Hall–Kier alpha value is -4.26. The van der Waals surface area contributed by atoms with Crippen molar-refractivity contribution in [1.29, 1.82) is 0 Å². The van der Waals surface area contributed by atoms with Crippen LogP contribution in [0.1, 0.15) is 23.5 Å². The van der Waals surface area contributed by atoms with Gasteiger partial charge in [0.25, 0.3) is 0 Å². The third-order valence-corrected chi connectivity index (χ3v) is 3.91. The van der Waals surface area contributed by atoms with Crippen LogP contribution in [-0.4, -0.2) is 48.6 Å². The minimum absolute atomic E-state index is 0.0209. The number of nitrogens with zero attached hydrogens (tertiary/aromatic N) is 7. The highest BCUT2D eigenvalue weighted by Gasteiger charge is 2.16. The first-order chi connectivity index (χ1) is 14.6. The molecule has 3 aromatic rings. The fourth-order valence-corrected chi connectivity index (χ4v) is 2.54. The van der Waals surface area contributed by atoms with E-state index in [1.807, 2.05) is 30.3 Å². The van der Waals surface area contributed by atoms with Crippen LogP contribution in [0.2, 0.25) is 0 Å². The smallest absolute Gasteiger partial charge is 0.413 e.